The van der Waals surface area contributed by atoms with Gasteiger partial charge in [0.05, 0.1) is 0 Å². The van der Waals surface area contributed by atoms with Gasteiger partial charge in [-0.2, -0.15) is 0 Å². The van der Waals surface area contributed by atoms with Crippen molar-refractivity contribution in [2.45, 2.75) is 58.6 Å². The van der Waals surface area contributed by atoms with Gasteiger partial charge in [0.15, 0.2) is 0 Å². The molecule has 156 valence electrons. The number of carbonyl (C=O) groups is 3. The summed E-state index contributed by atoms with van der Waals surface area (Å²) >= 11 is 5.87. The highest BCUT2D eigenvalue weighted by Gasteiger charge is 2.27. The Hall–Kier alpha value is -2.28. The molecular weight excluding hydrogens is 384 g/mol. The number of aliphatic carboxylic acids is 1. The lowest BCUT2D eigenvalue weighted by Gasteiger charge is -2.26. The van der Waals surface area contributed by atoms with Crippen molar-refractivity contribution in [3.63, 3.8) is 0 Å². The minimum absolute atomic E-state index is 0.0770. The van der Waals surface area contributed by atoms with Crippen molar-refractivity contribution in [2.75, 3.05) is 6.54 Å². The van der Waals surface area contributed by atoms with Crippen molar-refractivity contribution in [1.82, 2.24) is 10.6 Å². The first-order chi connectivity index (χ1) is 12.9. The molecule has 0 aliphatic rings. The van der Waals surface area contributed by atoms with Gasteiger partial charge in [0.2, 0.25) is 5.91 Å². The van der Waals surface area contributed by atoms with Crippen molar-refractivity contribution >= 4 is 29.6 Å². The van der Waals surface area contributed by atoms with Crippen LogP contribution in [0.5, 0.6) is 0 Å². The second-order valence-corrected chi connectivity index (χ2v) is 8.37. The normalized spacial score (nSPS) is 13.5. The molecule has 0 aliphatic heterocycles. The summed E-state index contributed by atoms with van der Waals surface area (Å²) < 4.78 is 5.20. The maximum Gasteiger partial charge on any atom is 0.408 e. The molecule has 2 amide bonds. The highest BCUT2D eigenvalue weighted by molar-refractivity contribution is 6.30. The van der Waals surface area contributed by atoms with Crippen LogP contribution in [0.4, 0.5) is 4.79 Å². The number of amides is 2. The van der Waals surface area contributed by atoms with Crippen LogP contribution in [0.15, 0.2) is 24.3 Å². The number of rotatable bonds is 8. The monoisotopic (exact) mass is 411 g/mol. The summed E-state index contributed by atoms with van der Waals surface area (Å²) in [5, 5.41) is 16.9. The smallest absolute Gasteiger partial charge is 0.408 e. The first-order valence-corrected chi connectivity index (χ1v) is 9.49. The Kier molecular flexibility index (Phi) is 8.75. The van der Waals surface area contributed by atoms with Crippen LogP contribution in [0.3, 0.4) is 0 Å². The number of alkyl carbamates (subject to hydrolysis) is 1. The largest absolute Gasteiger partial charge is 0.550 e. The third-order valence-corrected chi connectivity index (χ3v) is 4.15. The Morgan fingerprint density at radius 1 is 1.14 bits per heavy atom. The van der Waals surface area contributed by atoms with Gasteiger partial charge in [-0.3, -0.25) is 4.79 Å². The Morgan fingerprint density at radius 2 is 1.71 bits per heavy atom. The van der Waals surface area contributed by atoms with Gasteiger partial charge in [0, 0.05) is 23.5 Å². The molecule has 0 fully saturated rings. The van der Waals surface area contributed by atoms with E-state index in [1.807, 2.05) is 0 Å². The molecule has 28 heavy (non-hydrogen) atoms. The van der Waals surface area contributed by atoms with E-state index in [0.29, 0.717) is 5.02 Å². The molecule has 0 bridgehead atoms. The summed E-state index contributed by atoms with van der Waals surface area (Å²) in [6, 6.07) is 5.91. The lowest BCUT2D eigenvalue weighted by molar-refractivity contribution is -0.306. The molecule has 8 heteroatoms. The molecule has 2 N–H and O–H groups in total. The molecule has 1 rings (SSSR count). The van der Waals surface area contributed by atoms with E-state index >= 15 is 0 Å². The first kappa shape index (κ1) is 23.8. The third kappa shape index (κ3) is 8.61. The molecule has 1 aromatic rings. The van der Waals surface area contributed by atoms with Gasteiger partial charge in [-0.05, 0) is 50.8 Å². The summed E-state index contributed by atoms with van der Waals surface area (Å²) in [5.74, 6) is -2.32. The molecule has 1 aromatic carbocycles. The van der Waals surface area contributed by atoms with Crippen molar-refractivity contribution in [1.29, 1.82) is 0 Å². The molecule has 0 spiro atoms. The van der Waals surface area contributed by atoms with Crippen LogP contribution >= 0.6 is 11.6 Å². The number of carbonyl (C=O) groups excluding carboxylic acids is 3. The van der Waals surface area contributed by atoms with Crippen molar-refractivity contribution in [3.8, 4) is 0 Å². The van der Waals surface area contributed by atoms with Crippen LogP contribution in [0.25, 0.3) is 0 Å². The number of ether oxygens (including phenoxy) is 1. The number of halogens is 1. The second-order valence-electron chi connectivity index (χ2n) is 7.94. The SMILES string of the molecule is CC(C)[C@H](NC(=O)OC(C)(C)C)C(=O)NC[C@H](CC(=O)[O-])c1ccc(Cl)cc1. The van der Waals surface area contributed by atoms with E-state index in [4.69, 9.17) is 16.3 Å². The number of benzene rings is 1. The van der Waals surface area contributed by atoms with Gasteiger partial charge in [-0.15, -0.1) is 0 Å². The predicted molar refractivity (Wildman–Crippen MR) is 105 cm³/mol. The molecule has 0 aromatic heterocycles. The Bertz CT molecular complexity index is 683. The maximum absolute atomic E-state index is 12.6. The first-order valence-electron chi connectivity index (χ1n) is 9.11. The zero-order valence-corrected chi connectivity index (χ0v) is 17.6. The number of hydrogen-bond acceptors (Lipinski definition) is 5. The molecule has 7 nitrogen and oxygen atoms in total. The molecule has 0 unspecified atom stereocenters. The van der Waals surface area contributed by atoms with Crippen LogP contribution in [-0.2, 0) is 14.3 Å². The topological polar surface area (TPSA) is 108 Å². The van der Waals surface area contributed by atoms with Crippen LogP contribution in [-0.4, -0.2) is 36.2 Å². The van der Waals surface area contributed by atoms with Crippen molar-refractivity contribution in [2.24, 2.45) is 5.92 Å². The predicted octanol–water partition coefficient (Wildman–Crippen LogP) is 2.23. The average molecular weight is 412 g/mol. The minimum Gasteiger partial charge on any atom is -0.550 e. The zero-order valence-electron chi connectivity index (χ0n) is 16.9. The van der Waals surface area contributed by atoms with Gasteiger partial charge in [-0.25, -0.2) is 4.79 Å². The Labute approximate surface area is 170 Å². The summed E-state index contributed by atoms with van der Waals surface area (Å²) in [4.78, 5) is 35.7. The van der Waals surface area contributed by atoms with E-state index in [0.717, 1.165) is 5.56 Å². The highest BCUT2D eigenvalue weighted by Crippen LogP contribution is 2.21. The second kappa shape index (κ2) is 10.3. The van der Waals surface area contributed by atoms with E-state index in [1.54, 1.807) is 58.9 Å². The summed E-state index contributed by atoms with van der Waals surface area (Å²) in [5.41, 5.74) is 0.0334. The number of carboxylic acid groups (broad SMARTS) is 1. The fourth-order valence-corrected chi connectivity index (χ4v) is 2.67. The number of nitrogens with one attached hydrogen (secondary N) is 2. The molecule has 0 heterocycles. The van der Waals surface area contributed by atoms with E-state index in [1.165, 1.54) is 0 Å². The van der Waals surface area contributed by atoms with Crippen LogP contribution < -0.4 is 15.7 Å². The Morgan fingerprint density at radius 3 is 2.18 bits per heavy atom. The van der Waals surface area contributed by atoms with Gasteiger partial charge < -0.3 is 25.3 Å². The van der Waals surface area contributed by atoms with Crippen molar-refractivity contribution in [3.05, 3.63) is 34.9 Å². The molecule has 0 radical (unpaired) electrons. The lowest BCUT2D eigenvalue weighted by atomic mass is 9.95. The van der Waals surface area contributed by atoms with Crippen LogP contribution in [0.1, 0.15) is 52.5 Å². The standard InChI is InChI=1S/C20H29ClN2O5/c1-12(2)17(23-19(27)28-20(3,4)5)18(26)22-11-14(10-16(24)25)13-6-8-15(21)9-7-13/h6-9,12,14,17H,10-11H2,1-5H3,(H,22,26)(H,23,27)(H,24,25)/p-1/t14-,17-/m0/s1. The van der Waals surface area contributed by atoms with Crippen molar-refractivity contribution < 1.29 is 24.2 Å². The van der Waals surface area contributed by atoms with Gasteiger partial charge >= 0.3 is 6.09 Å². The number of hydrogen-bond donors (Lipinski definition) is 2. The van der Waals surface area contributed by atoms with E-state index in [2.05, 4.69) is 10.6 Å². The van der Waals surface area contributed by atoms with E-state index in [-0.39, 0.29) is 18.9 Å². The summed E-state index contributed by atoms with van der Waals surface area (Å²) in [6.45, 7) is 8.85. The maximum atomic E-state index is 12.6. The van der Waals surface area contributed by atoms with Crippen LogP contribution in [0, 0.1) is 5.92 Å². The highest BCUT2D eigenvalue weighted by atomic mass is 35.5. The fraction of sp³-hybridized carbons (Fsp3) is 0.550. The van der Waals surface area contributed by atoms with E-state index < -0.39 is 35.5 Å². The fourth-order valence-electron chi connectivity index (χ4n) is 2.55. The molecule has 0 saturated carbocycles. The zero-order chi connectivity index (χ0) is 21.5. The lowest BCUT2D eigenvalue weighted by Crippen LogP contribution is -2.51. The van der Waals surface area contributed by atoms with Crippen LogP contribution in [0.2, 0.25) is 5.02 Å². The minimum atomic E-state index is -1.22. The summed E-state index contributed by atoms with van der Waals surface area (Å²) in [6.07, 6.45) is -0.946. The molecule has 0 aliphatic carbocycles. The molecular formula is C20H28ClN2O5-. The average Bonchev–Trinajstić information content (AvgIpc) is 2.54. The molecule has 0 saturated heterocycles. The number of carboxylic acids is 1. The summed E-state index contributed by atoms with van der Waals surface area (Å²) in [7, 11) is 0. The van der Waals surface area contributed by atoms with Gasteiger partial charge in [0.1, 0.15) is 11.6 Å². The third-order valence-electron chi connectivity index (χ3n) is 3.90. The Balaban J connectivity index is 2.80. The quantitative estimate of drug-likeness (QED) is 0.682. The van der Waals surface area contributed by atoms with E-state index in [9.17, 15) is 19.5 Å². The molecule has 2 atom stereocenters. The van der Waals surface area contributed by atoms with Gasteiger partial charge in [-0.1, -0.05) is 37.6 Å². The van der Waals surface area contributed by atoms with Gasteiger partial charge in [0.25, 0.3) is 0 Å².